The summed E-state index contributed by atoms with van der Waals surface area (Å²) in [7, 11) is 0. The highest BCUT2D eigenvalue weighted by Gasteiger charge is 2.09. The molecule has 680 valence electrons. The van der Waals surface area contributed by atoms with Gasteiger partial charge in [-0.25, -0.2) is 0 Å². The van der Waals surface area contributed by atoms with Crippen LogP contribution >= 0.6 is 0 Å². The second-order valence-electron chi connectivity index (χ2n) is 22.3. The Morgan fingerprint density at radius 3 is 0.336 bits per heavy atom. The largest absolute Gasteiger partial charge is 0.0917 e. The van der Waals surface area contributed by atoms with Gasteiger partial charge in [0.1, 0.15) is 0 Å². The van der Waals surface area contributed by atoms with Crippen LogP contribution in [-0.4, -0.2) is 0 Å². The lowest BCUT2D eigenvalue weighted by Gasteiger charge is -2.18. The summed E-state index contributed by atoms with van der Waals surface area (Å²) in [6.07, 6.45) is 25.7. The van der Waals surface area contributed by atoms with E-state index in [0.717, 1.165) is 76.5 Å². The number of hydrogen-bond donors (Lipinski definition) is 0. The highest BCUT2D eigenvalue weighted by Crippen LogP contribution is 2.25. The summed E-state index contributed by atoms with van der Waals surface area (Å²) >= 11 is 0. The van der Waals surface area contributed by atoms with E-state index in [1.54, 1.807) is 0 Å². The van der Waals surface area contributed by atoms with Gasteiger partial charge in [-0.05, 0) is 139 Å². The van der Waals surface area contributed by atoms with Crippen molar-refractivity contribution in [3.05, 3.63) is 371 Å². The molecule has 10 aromatic carbocycles. The minimum absolute atomic E-state index is 1.09. The normalized spacial score (nSPS) is 8.80. The van der Waals surface area contributed by atoms with E-state index in [9.17, 15) is 0 Å². The molecular weight excluding hydrogens is 1430 g/mol. The summed E-state index contributed by atoms with van der Waals surface area (Å²) in [5.41, 5.74) is 14.1. The summed E-state index contributed by atoms with van der Waals surface area (Å²) in [5, 5.41) is 0. The molecule has 0 bridgehead atoms. The van der Waals surface area contributed by atoms with E-state index >= 15 is 0 Å². The van der Waals surface area contributed by atoms with Crippen LogP contribution in [-0.2, 0) is 64.2 Å². The van der Waals surface area contributed by atoms with Crippen LogP contribution in [0.3, 0.4) is 0 Å². The summed E-state index contributed by atoms with van der Waals surface area (Å²) < 4.78 is 0. The Bertz CT molecular complexity index is 2330. The van der Waals surface area contributed by atoms with Crippen molar-refractivity contribution in [3.8, 4) is 0 Å². The quantitative estimate of drug-likeness (QED) is 0.107. The van der Waals surface area contributed by atoms with Gasteiger partial charge in [-0.3, -0.25) is 0 Å². The van der Waals surface area contributed by atoms with Gasteiger partial charge in [0.2, 0.25) is 0 Å². The molecule has 0 atom stereocenters. The molecule has 1 saturated carbocycles. The van der Waals surface area contributed by atoms with Crippen LogP contribution in [0.25, 0.3) is 0 Å². The predicted molar refractivity (Wildman–Crippen MR) is 568 cm³/mol. The summed E-state index contributed by atoms with van der Waals surface area (Å²) in [5.74, 6) is 1.09. The Kier molecular flexibility index (Phi) is 177. The maximum Gasteiger partial charge on any atom is -0.0307 e. The van der Waals surface area contributed by atoms with Crippen LogP contribution in [0, 0.1) is 5.92 Å². The lowest BCUT2D eigenvalue weighted by molar-refractivity contribution is 0.349. The molecule has 0 unspecified atom stereocenters. The molecule has 0 heteroatoms. The van der Waals surface area contributed by atoms with Crippen molar-refractivity contribution in [2.24, 2.45) is 5.92 Å². The van der Waals surface area contributed by atoms with E-state index in [0.29, 0.717) is 0 Å². The first kappa shape index (κ1) is 143. The van der Waals surface area contributed by atoms with Crippen LogP contribution in [0.2, 0.25) is 0 Å². The molecule has 11 rings (SSSR count). The van der Waals surface area contributed by atoms with Gasteiger partial charge in [-0.2, -0.15) is 0 Å². The second kappa shape index (κ2) is 148. The number of allylic oxidation sites excluding steroid dienone is 2. The smallest absolute Gasteiger partial charge is 0.0307 e. The number of rotatable bonds is 12. The third-order valence-corrected chi connectivity index (χ3v) is 15.3. The number of benzene rings is 10. The van der Waals surface area contributed by atoms with E-state index in [4.69, 9.17) is 0 Å². The van der Waals surface area contributed by atoms with E-state index in [2.05, 4.69) is 338 Å². The Labute approximate surface area is 751 Å². The average Bonchev–Trinajstić information content (AvgIpc) is 1.27. The standard InChI is InChI=1S/C8H16.10C8H10.C5H10.13C2H6/c11*1-2-8-6-4-3-5-7-8;1-3-5-4-2;13*1-2/h8H,2-7H2,1H3;10*3-7H,2H2,1H3;3,5H,4H2,1-2H3;13*1-2H3. The van der Waals surface area contributed by atoms with Crippen molar-refractivity contribution >= 4 is 0 Å². The molecule has 0 radical (unpaired) electrons. The topological polar surface area (TPSA) is 0 Å². The van der Waals surface area contributed by atoms with Gasteiger partial charge >= 0.3 is 0 Å². The Morgan fingerprint density at radius 2 is 0.286 bits per heavy atom. The van der Waals surface area contributed by atoms with E-state index in [1.807, 2.05) is 248 Å². The van der Waals surface area contributed by atoms with E-state index < -0.39 is 0 Å². The van der Waals surface area contributed by atoms with Gasteiger partial charge < -0.3 is 0 Å². The van der Waals surface area contributed by atoms with E-state index in [-0.39, 0.29) is 0 Å². The molecule has 0 heterocycles. The van der Waals surface area contributed by atoms with Crippen LogP contribution in [0.4, 0.5) is 0 Å². The summed E-state index contributed by atoms with van der Waals surface area (Å²) in [4.78, 5) is 0. The fourth-order valence-electron chi connectivity index (χ4n) is 8.97. The van der Waals surface area contributed by atoms with E-state index in [1.165, 1.54) is 94.2 Å². The molecule has 0 aliphatic heterocycles. The fourth-order valence-corrected chi connectivity index (χ4v) is 8.97. The number of hydrogen-bond acceptors (Lipinski definition) is 0. The lowest BCUT2D eigenvalue weighted by atomic mass is 9.88. The van der Waals surface area contributed by atoms with Crippen molar-refractivity contribution in [2.75, 3.05) is 0 Å². The number of aryl methyl sites for hydroxylation is 10. The zero-order chi connectivity index (χ0) is 94.1. The summed E-state index contributed by atoms with van der Waals surface area (Å²) in [6, 6.07) is 105. The van der Waals surface area contributed by atoms with Gasteiger partial charge in [-0.1, -0.05) is 617 Å². The Morgan fingerprint density at radius 1 is 0.176 bits per heavy atom. The molecule has 10 aromatic rings. The van der Waals surface area contributed by atoms with Gasteiger partial charge in [0.05, 0.1) is 0 Å². The molecule has 0 nitrogen and oxygen atoms in total. The van der Waals surface area contributed by atoms with Gasteiger partial charge in [0, 0.05) is 0 Å². The molecule has 0 spiro atoms. The minimum atomic E-state index is 1.09. The highest BCUT2D eigenvalue weighted by atomic mass is 14.2. The first-order valence-electron chi connectivity index (χ1n) is 48.7. The van der Waals surface area contributed by atoms with Crippen molar-refractivity contribution in [1.29, 1.82) is 0 Å². The Balaban J connectivity index is -0.0000000822. The minimum Gasteiger partial charge on any atom is -0.0917 e. The average molecular weight is 1630 g/mol. The van der Waals surface area contributed by atoms with Gasteiger partial charge in [0.25, 0.3) is 0 Å². The molecule has 0 aromatic heterocycles. The van der Waals surface area contributed by atoms with Crippen LogP contribution in [0.1, 0.15) is 371 Å². The molecule has 0 amide bonds. The SMILES string of the molecule is CC.CC.CC.CC.CC.CC.CC.CC.CC.CC.CC.CC.CC.CC=CCC.CCC1CCCCC1.CCc1ccccc1.CCc1ccccc1.CCc1ccccc1.CCc1ccccc1.CCc1ccccc1.CCc1ccccc1.CCc1ccccc1.CCc1ccccc1.CCc1ccccc1.CCc1ccccc1. The Hall–Kier alpha value is -8.06. The third kappa shape index (κ3) is 119. The van der Waals surface area contributed by atoms with Crippen LogP contribution < -0.4 is 0 Å². The first-order valence-corrected chi connectivity index (χ1v) is 48.7. The monoisotopic (exact) mass is 1630 g/mol. The second-order valence-corrected chi connectivity index (χ2v) is 22.3. The van der Waals surface area contributed by atoms with Gasteiger partial charge in [-0.15, -0.1) is 0 Å². The van der Waals surface area contributed by atoms with Crippen molar-refractivity contribution in [1.82, 2.24) is 0 Å². The van der Waals surface area contributed by atoms with Crippen molar-refractivity contribution in [3.63, 3.8) is 0 Å². The molecule has 0 saturated heterocycles. The first-order chi connectivity index (χ1) is 58.7. The molecule has 0 N–H and O–H groups in total. The molecular formula is C119H204. The molecule has 119 heavy (non-hydrogen) atoms. The summed E-state index contributed by atoms with van der Waals surface area (Å²) in [6.45, 7) is 80.1. The zero-order valence-corrected chi connectivity index (χ0v) is 86.6. The molecule has 1 aliphatic carbocycles. The molecule has 1 aliphatic rings. The predicted octanol–water partition coefficient (Wildman–Crippen LogP) is 40.8. The fraction of sp³-hybridized carbons (Fsp3) is 0.479. The highest BCUT2D eigenvalue weighted by molar-refractivity contribution is 5.20. The maximum absolute atomic E-state index is 2.32. The van der Waals surface area contributed by atoms with Crippen LogP contribution in [0.5, 0.6) is 0 Å². The third-order valence-electron chi connectivity index (χ3n) is 15.3. The zero-order valence-electron chi connectivity index (χ0n) is 86.6. The lowest BCUT2D eigenvalue weighted by Crippen LogP contribution is -2.03. The maximum atomic E-state index is 2.32. The molecule has 1 fully saturated rings. The van der Waals surface area contributed by atoms with Crippen molar-refractivity contribution in [2.45, 2.75) is 379 Å². The van der Waals surface area contributed by atoms with Crippen molar-refractivity contribution < 1.29 is 0 Å². The van der Waals surface area contributed by atoms with Gasteiger partial charge in [0.15, 0.2) is 0 Å². The van der Waals surface area contributed by atoms with Crippen LogP contribution in [0.15, 0.2) is 315 Å².